The molecular weight excluding hydrogens is 244 g/mol. The van der Waals surface area contributed by atoms with Gasteiger partial charge in [-0.3, -0.25) is 0 Å². The molecule has 0 aliphatic rings. The lowest BCUT2D eigenvalue weighted by Crippen LogP contribution is -1.83. The van der Waals surface area contributed by atoms with E-state index in [0.29, 0.717) is 5.92 Å². The number of rotatable bonds is 2. The van der Waals surface area contributed by atoms with Gasteiger partial charge >= 0.3 is 0 Å². The van der Waals surface area contributed by atoms with E-state index < -0.39 is 0 Å². The van der Waals surface area contributed by atoms with E-state index in [1.54, 1.807) is 13.2 Å². The Morgan fingerprint density at radius 3 is 1.55 bits per heavy atom. The smallest absolute Gasteiger partial charge is 0.118 e. The molecule has 0 N–H and O–H groups in total. The molecule has 0 saturated carbocycles. The first kappa shape index (κ1) is 18.0. The highest BCUT2D eigenvalue weighted by Gasteiger charge is 1.93. The predicted molar refractivity (Wildman–Crippen MR) is 89.4 cm³/mol. The van der Waals surface area contributed by atoms with Gasteiger partial charge in [-0.15, -0.1) is 6.58 Å². The Morgan fingerprint density at radius 1 is 0.900 bits per heavy atom. The van der Waals surface area contributed by atoms with Crippen LogP contribution in [0.2, 0.25) is 0 Å². The Balaban J connectivity index is 0.000000304. The predicted octanol–water partition coefficient (Wildman–Crippen LogP) is 5.70. The van der Waals surface area contributed by atoms with Crippen molar-refractivity contribution in [2.75, 3.05) is 7.11 Å². The van der Waals surface area contributed by atoms with Crippen LogP contribution in [-0.2, 0) is 0 Å². The highest BCUT2D eigenvalue weighted by atomic mass is 16.5. The van der Waals surface area contributed by atoms with E-state index in [2.05, 4.69) is 44.7 Å². The van der Waals surface area contributed by atoms with Crippen LogP contribution in [0, 0.1) is 0 Å². The van der Waals surface area contributed by atoms with Crippen molar-refractivity contribution in [3.05, 3.63) is 78.9 Å². The highest BCUT2D eigenvalue weighted by Crippen LogP contribution is 2.11. The number of hydrogen-bond acceptors (Lipinski definition) is 1. The molecule has 108 valence electrons. The molecular formula is C19H26O. The number of methoxy groups -OCH3 is 1. The summed E-state index contributed by atoms with van der Waals surface area (Å²) in [6.07, 6.45) is 1.75. The summed E-state index contributed by atoms with van der Waals surface area (Å²) in [5, 5.41) is 0. The van der Waals surface area contributed by atoms with Crippen LogP contribution in [0.1, 0.15) is 32.3 Å². The minimum Gasteiger partial charge on any atom is -0.497 e. The summed E-state index contributed by atoms with van der Waals surface area (Å²) in [7, 11) is 1.66. The molecule has 0 bridgehead atoms. The van der Waals surface area contributed by atoms with Gasteiger partial charge < -0.3 is 4.74 Å². The molecule has 0 aliphatic carbocycles. The molecule has 0 unspecified atom stereocenters. The SMILES string of the molecule is C=CC.CC(C)c1ccccc1.COc1ccccc1. The van der Waals surface area contributed by atoms with Crippen LogP contribution >= 0.6 is 0 Å². The number of hydrogen-bond donors (Lipinski definition) is 0. The Hall–Kier alpha value is -2.02. The second kappa shape index (κ2) is 12.0. The third-order valence-corrected chi connectivity index (χ3v) is 2.45. The van der Waals surface area contributed by atoms with E-state index in [0.717, 1.165) is 5.75 Å². The van der Waals surface area contributed by atoms with Crippen molar-refractivity contribution < 1.29 is 4.74 Å². The molecule has 0 atom stereocenters. The fourth-order valence-corrected chi connectivity index (χ4v) is 1.39. The molecule has 0 saturated heterocycles. The summed E-state index contributed by atoms with van der Waals surface area (Å²) in [4.78, 5) is 0. The minimum absolute atomic E-state index is 0.659. The first-order valence-corrected chi connectivity index (χ1v) is 6.86. The number of para-hydroxylation sites is 1. The van der Waals surface area contributed by atoms with Crippen LogP contribution in [0.5, 0.6) is 5.75 Å². The van der Waals surface area contributed by atoms with Crippen LogP contribution in [0.3, 0.4) is 0 Å². The lowest BCUT2D eigenvalue weighted by molar-refractivity contribution is 0.415. The van der Waals surface area contributed by atoms with E-state index in [1.165, 1.54) is 5.56 Å². The van der Waals surface area contributed by atoms with Crippen molar-refractivity contribution >= 4 is 0 Å². The lowest BCUT2D eigenvalue weighted by atomic mass is 10.0. The summed E-state index contributed by atoms with van der Waals surface area (Å²) in [6, 6.07) is 20.2. The molecule has 0 aliphatic heterocycles. The molecule has 20 heavy (non-hydrogen) atoms. The summed E-state index contributed by atoms with van der Waals surface area (Å²) in [5.74, 6) is 1.57. The molecule has 0 radical (unpaired) electrons. The monoisotopic (exact) mass is 270 g/mol. The zero-order valence-electron chi connectivity index (χ0n) is 13.0. The molecule has 0 amide bonds. The molecule has 2 aromatic rings. The largest absolute Gasteiger partial charge is 0.497 e. The Labute approximate surface area is 123 Å². The van der Waals surface area contributed by atoms with E-state index in [9.17, 15) is 0 Å². The Bertz CT molecular complexity index is 432. The first-order valence-electron chi connectivity index (χ1n) is 6.86. The van der Waals surface area contributed by atoms with Crippen molar-refractivity contribution in [2.24, 2.45) is 0 Å². The molecule has 0 heterocycles. The summed E-state index contributed by atoms with van der Waals surface area (Å²) < 4.78 is 4.91. The van der Waals surface area contributed by atoms with E-state index >= 15 is 0 Å². The first-order chi connectivity index (χ1) is 9.65. The van der Waals surface area contributed by atoms with Gasteiger partial charge in [0.05, 0.1) is 7.11 Å². The van der Waals surface area contributed by atoms with Crippen LogP contribution in [0.25, 0.3) is 0 Å². The molecule has 0 aromatic heterocycles. The molecule has 0 fully saturated rings. The van der Waals surface area contributed by atoms with Crippen LogP contribution in [0.15, 0.2) is 73.3 Å². The van der Waals surface area contributed by atoms with E-state index in [4.69, 9.17) is 4.74 Å². The number of ether oxygens (including phenoxy) is 1. The van der Waals surface area contributed by atoms with Gasteiger partial charge in [-0.05, 0) is 30.5 Å². The Kier molecular flexibility index (Phi) is 10.8. The van der Waals surface area contributed by atoms with Crippen LogP contribution < -0.4 is 4.74 Å². The molecule has 0 spiro atoms. The van der Waals surface area contributed by atoms with Crippen LogP contribution in [-0.4, -0.2) is 7.11 Å². The minimum atomic E-state index is 0.659. The normalized spacial score (nSPS) is 8.65. The Morgan fingerprint density at radius 2 is 1.30 bits per heavy atom. The quantitative estimate of drug-likeness (QED) is 0.636. The van der Waals surface area contributed by atoms with Gasteiger partial charge in [-0.2, -0.15) is 0 Å². The third kappa shape index (κ3) is 8.98. The van der Waals surface area contributed by atoms with E-state index in [1.807, 2.05) is 43.3 Å². The summed E-state index contributed by atoms with van der Waals surface area (Å²) >= 11 is 0. The summed E-state index contributed by atoms with van der Waals surface area (Å²) in [5.41, 5.74) is 1.41. The van der Waals surface area contributed by atoms with Gasteiger partial charge in [-0.1, -0.05) is 68.5 Å². The fraction of sp³-hybridized carbons (Fsp3) is 0.263. The second-order valence-corrected chi connectivity index (χ2v) is 4.49. The molecule has 1 nitrogen and oxygen atoms in total. The van der Waals surface area contributed by atoms with Crippen molar-refractivity contribution in [3.8, 4) is 5.75 Å². The molecule has 1 heteroatoms. The topological polar surface area (TPSA) is 9.23 Å². The standard InChI is InChI=1S/C9H12.C7H8O.C3H6/c1-8(2)9-6-4-3-5-7-9;1-8-7-5-3-2-4-6-7;1-3-2/h3-8H,1-2H3;2-6H,1H3;3H,1H2,2H3. The molecule has 2 aromatic carbocycles. The number of allylic oxidation sites excluding steroid dienone is 1. The maximum absolute atomic E-state index is 4.91. The average molecular weight is 270 g/mol. The van der Waals surface area contributed by atoms with Crippen molar-refractivity contribution in [3.63, 3.8) is 0 Å². The van der Waals surface area contributed by atoms with Gasteiger partial charge in [0.15, 0.2) is 0 Å². The van der Waals surface area contributed by atoms with Crippen LogP contribution in [0.4, 0.5) is 0 Å². The molecule has 2 rings (SSSR count). The van der Waals surface area contributed by atoms with E-state index in [-0.39, 0.29) is 0 Å². The van der Waals surface area contributed by atoms with Crippen molar-refractivity contribution in [1.82, 2.24) is 0 Å². The maximum Gasteiger partial charge on any atom is 0.118 e. The van der Waals surface area contributed by atoms with Gasteiger partial charge in [0, 0.05) is 0 Å². The third-order valence-electron chi connectivity index (χ3n) is 2.45. The summed E-state index contributed by atoms with van der Waals surface area (Å²) in [6.45, 7) is 9.66. The van der Waals surface area contributed by atoms with Gasteiger partial charge in [-0.25, -0.2) is 0 Å². The van der Waals surface area contributed by atoms with Gasteiger partial charge in [0.1, 0.15) is 5.75 Å². The van der Waals surface area contributed by atoms with Gasteiger partial charge in [0.25, 0.3) is 0 Å². The fourth-order valence-electron chi connectivity index (χ4n) is 1.39. The highest BCUT2D eigenvalue weighted by molar-refractivity contribution is 5.20. The van der Waals surface area contributed by atoms with Crippen molar-refractivity contribution in [1.29, 1.82) is 0 Å². The van der Waals surface area contributed by atoms with Gasteiger partial charge in [0.2, 0.25) is 0 Å². The van der Waals surface area contributed by atoms with Crippen molar-refractivity contribution in [2.45, 2.75) is 26.7 Å². The zero-order chi connectivity index (χ0) is 15.2. The number of benzene rings is 2. The maximum atomic E-state index is 4.91. The second-order valence-electron chi connectivity index (χ2n) is 4.49. The lowest BCUT2D eigenvalue weighted by Gasteiger charge is -2.01. The average Bonchev–Trinajstić information content (AvgIpc) is 2.50. The zero-order valence-corrected chi connectivity index (χ0v) is 13.0.